The molecule has 0 spiro atoms. The Bertz CT molecular complexity index is 574. The molecule has 1 unspecified atom stereocenters. The van der Waals surface area contributed by atoms with Crippen LogP contribution in [0.3, 0.4) is 0 Å². The Morgan fingerprint density at radius 2 is 1.92 bits per heavy atom. The lowest BCUT2D eigenvalue weighted by Crippen LogP contribution is -2.49. The van der Waals surface area contributed by atoms with Crippen LogP contribution in [0.25, 0.3) is 0 Å². The number of aromatic nitrogens is 2. The van der Waals surface area contributed by atoms with Crippen LogP contribution in [0.4, 0.5) is 0 Å². The van der Waals surface area contributed by atoms with Crippen molar-refractivity contribution < 1.29 is 4.79 Å². The number of carbonyl (C=O) groups is 1. The van der Waals surface area contributed by atoms with E-state index in [4.69, 9.17) is 0 Å². The molecule has 3 rings (SSSR count). The highest BCUT2D eigenvalue weighted by atomic mass is 35.5. The Kier molecular flexibility index (Phi) is 5.94. The predicted octanol–water partition coefficient (Wildman–Crippen LogP) is 1.49. The highest BCUT2D eigenvalue weighted by Crippen LogP contribution is 2.22. The summed E-state index contributed by atoms with van der Waals surface area (Å²) >= 11 is 0. The fourth-order valence-corrected chi connectivity index (χ4v) is 3.74. The molecule has 0 saturated carbocycles. The van der Waals surface area contributed by atoms with Crippen LogP contribution in [0, 0.1) is 6.92 Å². The van der Waals surface area contributed by atoms with Crippen molar-refractivity contribution in [2.45, 2.75) is 45.7 Å². The lowest BCUT2D eigenvalue weighted by molar-refractivity contribution is 0.0772. The second-order valence-corrected chi connectivity index (χ2v) is 7.71. The van der Waals surface area contributed by atoms with Gasteiger partial charge in [-0.15, -0.1) is 12.4 Å². The third-order valence-electron chi connectivity index (χ3n) is 4.99. The second-order valence-electron chi connectivity index (χ2n) is 7.71. The molecule has 136 valence electrons. The first kappa shape index (κ1) is 19.2. The van der Waals surface area contributed by atoms with Crippen molar-refractivity contribution in [3.8, 4) is 0 Å². The summed E-state index contributed by atoms with van der Waals surface area (Å²) in [5.74, 6) is 0.135. The van der Waals surface area contributed by atoms with E-state index in [2.05, 4.69) is 36.1 Å². The number of piperazine rings is 1. The maximum atomic E-state index is 12.9. The summed E-state index contributed by atoms with van der Waals surface area (Å²) < 4.78 is 1.95. The van der Waals surface area contributed by atoms with Gasteiger partial charge in [0.2, 0.25) is 0 Å². The summed E-state index contributed by atoms with van der Waals surface area (Å²) in [6.45, 7) is 14.3. The zero-order valence-corrected chi connectivity index (χ0v) is 16.0. The number of carbonyl (C=O) groups excluding carboxylic acids is 1. The minimum Gasteiger partial charge on any atom is -0.337 e. The van der Waals surface area contributed by atoms with Crippen LogP contribution in [-0.4, -0.2) is 70.8 Å². The molecule has 2 aliphatic rings. The van der Waals surface area contributed by atoms with Gasteiger partial charge in [-0.2, -0.15) is 5.10 Å². The summed E-state index contributed by atoms with van der Waals surface area (Å²) in [6.07, 6.45) is 2.82. The number of hydrogen-bond donors (Lipinski definition) is 1. The predicted molar refractivity (Wildman–Crippen MR) is 98.0 cm³/mol. The molecule has 1 aromatic heterocycles. The summed E-state index contributed by atoms with van der Waals surface area (Å²) in [5, 5.41) is 7.83. The minimum absolute atomic E-state index is 0. The SMILES string of the molecule is Cc1c(C(=O)N2CCC(N3CCNCC3)C2)cnn1C(C)(C)C.Cl. The average Bonchev–Trinajstić information content (AvgIpc) is 3.13. The molecule has 0 bridgehead atoms. The van der Waals surface area contributed by atoms with Gasteiger partial charge in [0.25, 0.3) is 5.91 Å². The van der Waals surface area contributed by atoms with Crippen LogP contribution in [0.1, 0.15) is 43.2 Å². The lowest BCUT2D eigenvalue weighted by Gasteiger charge is -2.32. The van der Waals surface area contributed by atoms with E-state index >= 15 is 0 Å². The summed E-state index contributed by atoms with van der Waals surface area (Å²) in [7, 11) is 0. The van der Waals surface area contributed by atoms with Crippen molar-refractivity contribution in [2.24, 2.45) is 0 Å². The van der Waals surface area contributed by atoms with Crippen molar-refractivity contribution in [1.29, 1.82) is 0 Å². The van der Waals surface area contributed by atoms with Gasteiger partial charge in [-0.25, -0.2) is 0 Å². The van der Waals surface area contributed by atoms with Gasteiger partial charge in [-0.3, -0.25) is 14.4 Å². The Balaban J connectivity index is 0.00000208. The van der Waals surface area contributed by atoms with Gasteiger partial charge in [0, 0.05) is 51.0 Å². The van der Waals surface area contributed by atoms with E-state index in [9.17, 15) is 4.79 Å². The van der Waals surface area contributed by atoms with Gasteiger partial charge in [0.15, 0.2) is 0 Å². The molecule has 0 aliphatic carbocycles. The normalized spacial score (nSPS) is 22.5. The van der Waals surface area contributed by atoms with E-state index in [0.717, 1.165) is 56.9 Å². The standard InChI is InChI=1S/C17H29N5O.ClH/c1-13-15(11-19-22(13)17(2,3)4)16(23)21-8-5-14(12-21)20-9-6-18-7-10-20;/h11,14,18H,5-10,12H2,1-4H3;1H. The molecule has 0 aromatic carbocycles. The van der Waals surface area contributed by atoms with E-state index in [1.54, 1.807) is 6.20 Å². The molecule has 6 nitrogen and oxygen atoms in total. The number of nitrogens with one attached hydrogen (secondary N) is 1. The van der Waals surface area contributed by atoms with E-state index in [-0.39, 0.29) is 23.9 Å². The molecule has 3 heterocycles. The molecule has 1 atom stereocenters. The number of likely N-dealkylation sites (tertiary alicyclic amines) is 1. The van der Waals surface area contributed by atoms with Gasteiger partial charge < -0.3 is 10.2 Å². The molecule has 7 heteroatoms. The van der Waals surface area contributed by atoms with Crippen LogP contribution < -0.4 is 5.32 Å². The summed E-state index contributed by atoms with van der Waals surface area (Å²) in [4.78, 5) is 17.4. The zero-order chi connectivity index (χ0) is 16.6. The second kappa shape index (κ2) is 7.42. The van der Waals surface area contributed by atoms with Crippen molar-refractivity contribution in [3.05, 3.63) is 17.5 Å². The summed E-state index contributed by atoms with van der Waals surface area (Å²) in [5.41, 5.74) is 1.62. The molecular formula is C17H30ClN5O. The molecule has 2 aliphatic heterocycles. The first-order valence-corrected chi connectivity index (χ1v) is 8.67. The number of nitrogens with zero attached hydrogens (tertiary/aromatic N) is 4. The van der Waals surface area contributed by atoms with Crippen molar-refractivity contribution in [1.82, 2.24) is 24.9 Å². The zero-order valence-electron chi connectivity index (χ0n) is 15.2. The smallest absolute Gasteiger partial charge is 0.257 e. The fourth-order valence-electron chi connectivity index (χ4n) is 3.74. The van der Waals surface area contributed by atoms with E-state index in [1.807, 2.05) is 16.5 Å². The number of hydrogen-bond acceptors (Lipinski definition) is 4. The molecule has 1 N–H and O–H groups in total. The number of amides is 1. The molecular weight excluding hydrogens is 326 g/mol. The Hall–Kier alpha value is -1.11. The van der Waals surface area contributed by atoms with Crippen LogP contribution in [0.15, 0.2) is 6.20 Å². The highest BCUT2D eigenvalue weighted by molar-refractivity contribution is 5.95. The quantitative estimate of drug-likeness (QED) is 0.873. The highest BCUT2D eigenvalue weighted by Gasteiger charge is 2.33. The number of halogens is 1. The average molecular weight is 356 g/mol. The first-order valence-electron chi connectivity index (χ1n) is 8.67. The molecule has 24 heavy (non-hydrogen) atoms. The van der Waals surface area contributed by atoms with Gasteiger partial charge in [-0.05, 0) is 34.1 Å². The van der Waals surface area contributed by atoms with Gasteiger partial charge in [0.05, 0.1) is 17.3 Å². The van der Waals surface area contributed by atoms with E-state index < -0.39 is 0 Å². The molecule has 2 saturated heterocycles. The third kappa shape index (κ3) is 3.76. The third-order valence-corrected chi connectivity index (χ3v) is 4.99. The maximum Gasteiger partial charge on any atom is 0.257 e. The lowest BCUT2D eigenvalue weighted by atomic mass is 10.1. The monoisotopic (exact) mass is 355 g/mol. The molecule has 1 aromatic rings. The largest absolute Gasteiger partial charge is 0.337 e. The summed E-state index contributed by atoms with van der Waals surface area (Å²) in [6, 6.07) is 0.513. The Morgan fingerprint density at radius 1 is 1.25 bits per heavy atom. The Morgan fingerprint density at radius 3 is 2.50 bits per heavy atom. The van der Waals surface area contributed by atoms with Crippen LogP contribution in [0.5, 0.6) is 0 Å². The molecule has 1 amide bonds. The molecule has 2 fully saturated rings. The van der Waals surface area contributed by atoms with Crippen LogP contribution in [-0.2, 0) is 5.54 Å². The topological polar surface area (TPSA) is 53.4 Å². The van der Waals surface area contributed by atoms with E-state index in [0.29, 0.717) is 6.04 Å². The van der Waals surface area contributed by atoms with Gasteiger partial charge >= 0.3 is 0 Å². The number of rotatable bonds is 2. The van der Waals surface area contributed by atoms with Gasteiger partial charge in [-0.1, -0.05) is 0 Å². The van der Waals surface area contributed by atoms with Crippen molar-refractivity contribution >= 4 is 18.3 Å². The fraction of sp³-hybridized carbons (Fsp3) is 0.765. The maximum absolute atomic E-state index is 12.9. The van der Waals surface area contributed by atoms with Crippen molar-refractivity contribution in [2.75, 3.05) is 39.3 Å². The van der Waals surface area contributed by atoms with Gasteiger partial charge in [0.1, 0.15) is 0 Å². The van der Waals surface area contributed by atoms with Crippen molar-refractivity contribution in [3.63, 3.8) is 0 Å². The molecule has 0 radical (unpaired) electrons. The van der Waals surface area contributed by atoms with Crippen LogP contribution in [0.2, 0.25) is 0 Å². The Labute approximate surface area is 151 Å². The minimum atomic E-state index is -0.100. The first-order chi connectivity index (χ1) is 10.9. The van der Waals surface area contributed by atoms with E-state index in [1.165, 1.54) is 0 Å². The van der Waals surface area contributed by atoms with Crippen LogP contribution >= 0.6 is 12.4 Å².